The van der Waals surface area contributed by atoms with E-state index in [0.29, 0.717) is 12.6 Å². The molecule has 0 bridgehead atoms. The monoisotopic (exact) mass is 240 g/mol. The van der Waals surface area contributed by atoms with Crippen LogP contribution in [0, 0.1) is 0 Å². The van der Waals surface area contributed by atoms with Crippen LogP contribution in [0.3, 0.4) is 0 Å². The first-order valence-corrected chi connectivity index (χ1v) is 6.66. The van der Waals surface area contributed by atoms with Gasteiger partial charge in [-0.15, -0.1) is 0 Å². The molecule has 0 saturated carbocycles. The molecule has 0 aromatic carbocycles. The van der Waals surface area contributed by atoms with E-state index in [1.54, 1.807) is 0 Å². The summed E-state index contributed by atoms with van der Waals surface area (Å²) in [5.41, 5.74) is 0. The van der Waals surface area contributed by atoms with E-state index in [1.165, 1.54) is 19.4 Å². The minimum atomic E-state index is 0.173. The van der Waals surface area contributed by atoms with Gasteiger partial charge in [0.2, 0.25) is 5.91 Å². The van der Waals surface area contributed by atoms with Crippen LogP contribution in [0.15, 0.2) is 0 Å². The van der Waals surface area contributed by atoms with Crippen LogP contribution in [-0.2, 0) is 4.79 Å². The van der Waals surface area contributed by atoms with Gasteiger partial charge in [0.05, 0.1) is 6.54 Å². The number of nitrogens with one attached hydrogen (secondary N) is 2. The van der Waals surface area contributed by atoms with E-state index in [-0.39, 0.29) is 5.91 Å². The molecule has 98 valence electrons. The second kappa shape index (κ2) is 6.33. The van der Waals surface area contributed by atoms with Crippen LogP contribution in [0.25, 0.3) is 0 Å². The summed E-state index contributed by atoms with van der Waals surface area (Å²) in [5, 5.41) is 6.35. The summed E-state index contributed by atoms with van der Waals surface area (Å²) in [6.07, 6.45) is 2.47. The maximum Gasteiger partial charge on any atom is 0.234 e. The number of rotatable bonds is 4. The summed E-state index contributed by atoms with van der Waals surface area (Å²) >= 11 is 0. The molecule has 17 heavy (non-hydrogen) atoms. The molecule has 2 rings (SSSR count). The van der Waals surface area contributed by atoms with Gasteiger partial charge in [0, 0.05) is 38.8 Å². The van der Waals surface area contributed by atoms with Gasteiger partial charge in [-0.2, -0.15) is 0 Å². The third-order valence-electron chi connectivity index (χ3n) is 3.78. The summed E-state index contributed by atoms with van der Waals surface area (Å²) in [6.45, 7) is 6.49. The van der Waals surface area contributed by atoms with E-state index >= 15 is 0 Å². The fraction of sp³-hybridized carbons (Fsp3) is 0.917. The molecular formula is C12H24N4O. The van der Waals surface area contributed by atoms with Crippen LogP contribution in [0.2, 0.25) is 0 Å². The van der Waals surface area contributed by atoms with Gasteiger partial charge in [-0.25, -0.2) is 0 Å². The molecule has 1 amide bonds. The Balaban J connectivity index is 1.63. The Morgan fingerprint density at radius 3 is 2.76 bits per heavy atom. The highest BCUT2D eigenvalue weighted by atomic mass is 16.2. The second-order valence-electron chi connectivity index (χ2n) is 5.11. The molecule has 2 aliphatic rings. The molecule has 0 aromatic rings. The highest BCUT2D eigenvalue weighted by molar-refractivity contribution is 5.78. The Morgan fingerprint density at radius 2 is 2.12 bits per heavy atom. The van der Waals surface area contributed by atoms with Gasteiger partial charge in [-0.3, -0.25) is 9.69 Å². The number of nitrogens with zero attached hydrogens (tertiary/aromatic N) is 2. The average molecular weight is 240 g/mol. The molecule has 2 fully saturated rings. The predicted molar refractivity (Wildman–Crippen MR) is 68.0 cm³/mol. The van der Waals surface area contributed by atoms with E-state index in [4.69, 9.17) is 0 Å². The summed E-state index contributed by atoms with van der Waals surface area (Å²) in [5.74, 6) is 0.173. The second-order valence-corrected chi connectivity index (χ2v) is 5.11. The Kier molecular flexibility index (Phi) is 4.76. The van der Waals surface area contributed by atoms with Crippen LogP contribution in [0.4, 0.5) is 0 Å². The topological polar surface area (TPSA) is 47.6 Å². The SMILES string of the molecule is CN1CCCC1CNC(=O)CN1CCNCC1. The van der Waals surface area contributed by atoms with Crippen molar-refractivity contribution in [2.24, 2.45) is 0 Å². The van der Waals surface area contributed by atoms with Crippen molar-refractivity contribution in [1.82, 2.24) is 20.4 Å². The lowest BCUT2D eigenvalue weighted by molar-refractivity contribution is -0.122. The molecule has 2 N–H and O–H groups in total. The Labute approximate surface area is 104 Å². The predicted octanol–water partition coefficient (Wildman–Crippen LogP) is -0.898. The number of likely N-dealkylation sites (tertiary alicyclic amines) is 1. The first-order valence-electron chi connectivity index (χ1n) is 6.66. The number of amides is 1. The first kappa shape index (κ1) is 12.8. The fourth-order valence-corrected chi connectivity index (χ4v) is 2.60. The summed E-state index contributed by atoms with van der Waals surface area (Å²) < 4.78 is 0. The number of carbonyl (C=O) groups is 1. The van der Waals surface area contributed by atoms with Crippen molar-refractivity contribution in [1.29, 1.82) is 0 Å². The first-order chi connectivity index (χ1) is 8.25. The van der Waals surface area contributed by atoms with Crippen LogP contribution < -0.4 is 10.6 Å². The van der Waals surface area contributed by atoms with Crippen LogP contribution in [0.5, 0.6) is 0 Å². The van der Waals surface area contributed by atoms with Crippen molar-refractivity contribution in [3.05, 3.63) is 0 Å². The minimum absolute atomic E-state index is 0.173. The van der Waals surface area contributed by atoms with E-state index in [0.717, 1.165) is 32.7 Å². The lowest BCUT2D eigenvalue weighted by Crippen LogP contribution is -2.48. The van der Waals surface area contributed by atoms with Crippen molar-refractivity contribution >= 4 is 5.91 Å². The van der Waals surface area contributed by atoms with Gasteiger partial charge in [-0.05, 0) is 26.4 Å². The molecule has 0 aromatic heterocycles. The van der Waals surface area contributed by atoms with E-state index in [2.05, 4.69) is 27.5 Å². The van der Waals surface area contributed by atoms with Crippen LogP contribution in [-0.4, -0.2) is 74.6 Å². The normalized spacial score (nSPS) is 27.2. The molecule has 0 radical (unpaired) electrons. The van der Waals surface area contributed by atoms with Crippen molar-refractivity contribution in [2.45, 2.75) is 18.9 Å². The van der Waals surface area contributed by atoms with Crippen molar-refractivity contribution in [2.75, 3.05) is 52.9 Å². The van der Waals surface area contributed by atoms with Gasteiger partial charge in [0.25, 0.3) is 0 Å². The number of hydrogen-bond donors (Lipinski definition) is 2. The Morgan fingerprint density at radius 1 is 1.35 bits per heavy atom. The van der Waals surface area contributed by atoms with Crippen molar-refractivity contribution < 1.29 is 4.79 Å². The molecule has 5 heteroatoms. The van der Waals surface area contributed by atoms with Crippen molar-refractivity contribution in [3.63, 3.8) is 0 Å². The van der Waals surface area contributed by atoms with Crippen LogP contribution in [0.1, 0.15) is 12.8 Å². The zero-order valence-corrected chi connectivity index (χ0v) is 10.7. The molecule has 1 atom stereocenters. The zero-order chi connectivity index (χ0) is 12.1. The van der Waals surface area contributed by atoms with E-state index < -0.39 is 0 Å². The summed E-state index contributed by atoms with van der Waals surface area (Å²) in [7, 11) is 2.14. The minimum Gasteiger partial charge on any atom is -0.353 e. The lowest BCUT2D eigenvalue weighted by atomic mass is 10.2. The smallest absolute Gasteiger partial charge is 0.234 e. The standard InChI is InChI=1S/C12H24N4O/c1-15-6-2-3-11(15)9-14-12(17)10-16-7-4-13-5-8-16/h11,13H,2-10H2,1H3,(H,14,17). The Hall–Kier alpha value is -0.650. The zero-order valence-electron chi connectivity index (χ0n) is 10.7. The fourth-order valence-electron chi connectivity index (χ4n) is 2.60. The van der Waals surface area contributed by atoms with Crippen LogP contribution >= 0.6 is 0 Å². The van der Waals surface area contributed by atoms with E-state index in [9.17, 15) is 4.79 Å². The third kappa shape index (κ3) is 3.94. The van der Waals surface area contributed by atoms with Gasteiger partial charge in [0.1, 0.15) is 0 Å². The molecule has 0 spiro atoms. The highest BCUT2D eigenvalue weighted by Crippen LogP contribution is 2.13. The summed E-state index contributed by atoms with van der Waals surface area (Å²) in [4.78, 5) is 16.3. The Bertz CT molecular complexity index is 253. The average Bonchev–Trinajstić information content (AvgIpc) is 2.74. The molecule has 1 unspecified atom stereocenters. The summed E-state index contributed by atoms with van der Waals surface area (Å²) in [6, 6.07) is 0.543. The van der Waals surface area contributed by atoms with Gasteiger partial charge in [0.15, 0.2) is 0 Å². The number of likely N-dealkylation sites (N-methyl/N-ethyl adjacent to an activating group) is 1. The molecule has 0 aliphatic carbocycles. The largest absolute Gasteiger partial charge is 0.353 e. The molecule has 2 aliphatic heterocycles. The van der Waals surface area contributed by atoms with Crippen molar-refractivity contribution in [3.8, 4) is 0 Å². The van der Waals surface area contributed by atoms with Gasteiger partial charge >= 0.3 is 0 Å². The lowest BCUT2D eigenvalue weighted by Gasteiger charge is -2.27. The third-order valence-corrected chi connectivity index (χ3v) is 3.78. The molecule has 5 nitrogen and oxygen atoms in total. The number of carbonyl (C=O) groups excluding carboxylic acids is 1. The highest BCUT2D eigenvalue weighted by Gasteiger charge is 2.21. The molecular weight excluding hydrogens is 216 g/mol. The molecule has 2 saturated heterocycles. The van der Waals surface area contributed by atoms with Gasteiger partial charge < -0.3 is 15.5 Å². The van der Waals surface area contributed by atoms with E-state index in [1.807, 2.05) is 0 Å². The van der Waals surface area contributed by atoms with Gasteiger partial charge in [-0.1, -0.05) is 0 Å². The number of hydrogen-bond acceptors (Lipinski definition) is 4. The maximum absolute atomic E-state index is 11.8. The maximum atomic E-state index is 11.8. The molecule has 2 heterocycles. The number of piperazine rings is 1. The quantitative estimate of drug-likeness (QED) is 0.669.